The van der Waals surface area contributed by atoms with Crippen molar-refractivity contribution in [3.63, 3.8) is 0 Å². The van der Waals surface area contributed by atoms with E-state index in [1.165, 1.54) is 44.9 Å². The van der Waals surface area contributed by atoms with Gasteiger partial charge in [-0.2, -0.15) is 0 Å². The van der Waals surface area contributed by atoms with Crippen molar-refractivity contribution in [1.29, 1.82) is 0 Å². The Labute approximate surface area is 123 Å². The summed E-state index contributed by atoms with van der Waals surface area (Å²) >= 11 is 0. The van der Waals surface area contributed by atoms with Crippen LogP contribution in [0.1, 0.15) is 57.8 Å². The van der Waals surface area contributed by atoms with Crippen molar-refractivity contribution < 1.29 is 4.79 Å². The van der Waals surface area contributed by atoms with Crippen LogP contribution in [-0.4, -0.2) is 43.0 Å². The molecule has 0 aromatic carbocycles. The quantitative estimate of drug-likeness (QED) is 0.809. The summed E-state index contributed by atoms with van der Waals surface area (Å²) in [6, 6.07) is 0.909. The van der Waals surface area contributed by atoms with Crippen molar-refractivity contribution in [2.45, 2.75) is 69.9 Å². The minimum atomic E-state index is 0.195. The Morgan fingerprint density at radius 1 is 1.10 bits per heavy atom. The fourth-order valence-electron chi connectivity index (χ4n) is 3.91. The molecule has 0 saturated heterocycles. The molecule has 2 rings (SSSR count). The Morgan fingerprint density at radius 2 is 1.75 bits per heavy atom. The zero-order chi connectivity index (χ0) is 14.4. The standard InChI is InChI=1S/C16H31N3O/c1-19(15-10-6-5-7-13(15)11-17)12-16(20)18-14-8-3-2-4-9-14/h13-15H,2-12,17H2,1H3,(H,18,20). The molecule has 0 aromatic heterocycles. The van der Waals surface area contributed by atoms with Gasteiger partial charge in [-0.05, 0) is 45.2 Å². The summed E-state index contributed by atoms with van der Waals surface area (Å²) in [5, 5.41) is 3.21. The Kier molecular flexibility index (Phi) is 6.30. The molecule has 2 fully saturated rings. The summed E-state index contributed by atoms with van der Waals surface area (Å²) in [7, 11) is 2.08. The highest BCUT2D eigenvalue weighted by Gasteiger charge is 2.28. The monoisotopic (exact) mass is 281 g/mol. The van der Waals surface area contributed by atoms with E-state index in [9.17, 15) is 4.79 Å². The topological polar surface area (TPSA) is 58.4 Å². The van der Waals surface area contributed by atoms with Crippen molar-refractivity contribution >= 4 is 5.91 Å². The van der Waals surface area contributed by atoms with E-state index in [0.717, 1.165) is 19.4 Å². The molecule has 4 nitrogen and oxygen atoms in total. The second-order valence-corrected chi connectivity index (χ2v) is 6.67. The molecule has 0 aliphatic heterocycles. The summed E-state index contributed by atoms with van der Waals surface area (Å²) < 4.78 is 0. The van der Waals surface area contributed by atoms with Crippen LogP contribution >= 0.6 is 0 Å². The SMILES string of the molecule is CN(CC(=O)NC1CCCCC1)C1CCCCC1CN. The third-order valence-corrected chi connectivity index (χ3v) is 5.10. The second-order valence-electron chi connectivity index (χ2n) is 6.67. The zero-order valence-corrected chi connectivity index (χ0v) is 12.9. The first-order chi connectivity index (χ1) is 9.70. The van der Waals surface area contributed by atoms with Crippen LogP contribution in [0.25, 0.3) is 0 Å². The third kappa shape index (κ3) is 4.45. The highest BCUT2D eigenvalue weighted by molar-refractivity contribution is 5.78. The van der Waals surface area contributed by atoms with Crippen LogP contribution in [0, 0.1) is 5.92 Å². The van der Waals surface area contributed by atoms with Gasteiger partial charge in [-0.25, -0.2) is 0 Å². The van der Waals surface area contributed by atoms with Gasteiger partial charge in [0.1, 0.15) is 0 Å². The molecule has 2 unspecified atom stereocenters. The van der Waals surface area contributed by atoms with Gasteiger partial charge in [-0.1, -0.05) is 32.1 Å². The smallest absolute Gasteiger partial charge is 0.234 e. The van der Waals surface area contributed by atoms with E-state index in [2.05, 4.69) is 17.3 Å². The average molecular weight is 281 g/mol. The minimum Gasteiger partial charge on any atom is -0.352 e. The van der Waals surface area contributed by atoms with Gasteiger partial charge >= 0.3 is 0 Å². The van der Waals surface area contributed by atoms with E-state index in [1.54, 1.807) is 0 Å². The van der Waals surface area contributed by atoms with Gasteiger partial charge in [0, 0.05) is 12.1 Å². The van der Waals surface area contributed by atoms with Crippen LogP contribution in [0.3, 0.4) is 0 Å². The van der Waals surface area contributed by atoms with Gasteiger partial charge in [-0.15, -0.1) is 0 Å². The molecular formula is C16H31N3O. The molecule has 2 aliphatic carbocycles. The Morgan fingerprint density at radius 3 is 2.45 bits per heavy atom. The van der Waals surface area contributed by atoms with Crippen LogP contribution in [0.2, 0.25) is 0 Å². The molecule has 20 heavy (non-hydrogen) atoms. The Hall–Kier alpha value is -0.610. The number of nitrogens with two attached hydrogens (primary N) is 1. The summed E-state index contributed by atoms with van der Waals surface area (Å²) in [6.07, 6.45) is 11.1. The lowest BCUT2D eigenvalue weighted by Crippen LogP contribution is -2.48. The van der Waals surface area contributed by atoms with Crippen molar-refractivity contribution in [1.82, 2.24) is 10.2 Å². The third-order valence-electron chi connectivity index (χ3n) is 5.10. The number of carbonyl (C=O) groups is 1. The van der Waals surface area contributed by atoms with Gasteiger partial charge in [0.2, 0.25) is 5.91 Å². The molecule has 3 N–H and O–H groups in total. The van der Waals surface area contributed by atoms with Gasteiger partial charge in [0.15, 0.2) is 0 Å². The summed E-state index contributed by atoms with van der Waals surface area (Å²) in [5.41, 5.74) is 5.88. The number of nitrogens with one attached hydrogen (secondary N) is 1. The number of hydrogen-bond donors (Lipinski definition) is 2. The maximum absolute atomic E-state index is 12.2. The molecule has 0 radical (unpaired) electrons. The first kappa shape index (κ1) is 15.8. The molecule has 2 atom stereocenters. The Bertz CT molecular complexity index is 302. The van der Waals surface area contributed by atoms with E-state index < -0.39 is 0 Å². The van der Waals surface area contributed by atoms with Crippen LogP contribution in [0.4, 0.5) is 0 Å². The van der Waals surface area contributed by atoms with Gasteiger partial charge < -0.3 is 11.1 Å². The number of hydrogen-bond acceptors (Lipinski definition) is 3. The minimum absolute atomic E-state index is 0.195. The highest BCUT2D eigenvalue weighted by Crippen LogP contribution is 2.27. The van der Waals surface area contributed by atoms with E-state index in [1.807, 2.05) is 0 Å². The number of rotatable bonds is 5. The molecule has 0 aromatic rings. The molecule has 1 amide bonds. The van der Waals surface area contributed by atoms with Crippen molar-refractivity contribution in [2.24, 2.45) is 11.7 Å². The molecule has 0 heterocycles. The van der Waals surface area contributed by atoms with Gasteiger partial charge in [-0.3, -0.25) is 9.69 Å². The largest absolute Gasteiger partial charge is 0.352 e. The van der Waals surface area contributed by atoms with E-state index >= 15 is 0 Å². The normalized spacial score (nSPS) is 28.6. The average Bonchev–Trinajstić information content (AvgIpc) is 2.48. The molecule has 2 saturated carbocycles. The predicted molar refractivity (Wildman–Crippen MR) is 82.4 cm³/mol. The molecule has 4 heteroatoms. The van der Waals surface area contributed by atoms with Crippen LogP contribution in [0.15, 0.2) is 0 Å². The first-order valence-electron chi connectivity index (χ1n) is 8.40. The van der Waals surface area contributed by atoms with E-state index in [-0.39, 0.29) is 5.91 Å². The molecule has 2 aliphatic rings. The zero-order valence-electron chi connectivity index (χ0n) is 12.9. The summed E-state index contributed by atoms with van der Waals surface area (Å²) in [6.45, 7) is 1.27. The van der Waals surface area contributed by atoms with Crippen molar-refractivity contribution in [3.05, 3.63) is 0 Å². The summed E-state index contributed by atoms with van der Waals surface area (Å²) in [4.78, 5) is 14.4. The molecule has 116 valence electrons. The molecular weight excluding hydrogens is 250 g/mol. The maximum Gasteiger partial charge on any atom is 0.234 e. The van der Waals surface area contributed by atoms with Gasteiger partial charge in [0.25, 0.3) is 0 Å². The number of carbonyl (C=O) groups excluding carboxylic acids is 1. The van der Waals surface area contributed by atoms with Crippen molar-refractivity contribution in [2.75, 3.05) is 20.1 Å². The highest BCUT2D eigenvalue weighted by atomic mass is 16.2. The lowest BCUT2D eigenvalue weighted by molar-refractivity contribution is -0.123. The molecule has 0 bridgehead atoms. The second kappa shape index (κ2) is 7.99. The predicted octanol–water partition coefficient (Wildman–Crippen LogP) is 1.88. The number of likely N-dealkylation sites (N-methyl/N-ethyl adjacent to an activating group) is 1. The van der Waals surface area contributed by atoms with Crippen LogP contribution in [0.5, 0.6) is 0 Å². The van der Waals surface area contributed by atoms with E-state index in [0.29, 0.717) is 24.5 Å². The fourth-order valence-corrected chi connectivity index (χ4v) is 3.91. The number of nitrogens with zero attached hydrogens (tertiary/aromatic N) is 1. The van der Waals surface area contributed by atoms with Crippen LogP contribution < -0.4 is 11.1 Å². The van der Waals surface area contributed by atoms with Gasteiger partial charge in [0.05, 0.1) is 6.54 Å². The lowest BCUT2D eigenvalue weighted by atomic mass is 9.84. The van der Waals surface area contributed by atoms with Crippen molar-refractivity contribution in [3.8, 4) is 0 Å². The Balaban J connectivity index is 1.77. The lowest BCUT2D eigenvalue weighted by Gasteiger charge is -2.37. The summed E-state index contributed by atoms with van der Waals surface area (Å²) in [5.74, 6) is 0.761. The molecule has 0 spiro atoms. The van der Waals surface area contributed by atoms with Crippen LogP contribution in [-0.2, 0) is 4.79 Å². The fraction of sp³-hybridized carbons (Fsp3) is 0.938. The van der Waals surface area contributed by atoms with E-state index in [4.69, 9.17) is 5.73 Å². The maximum atomic E-state index is 12.2. The first-order valence-corrected chi connectivity index (χ1v) is 8.40. The number of amides is 1.